The van der Waals surface area contributed by atoms with E-state index in [1.165, 1.54) is 12.1 Å². The molecule has 0 aromatic heterocycles. The summed E-state index contributed by atoms with van der Waals surface area (Å²) in [6.07, 6.45) is -4.32. The summed E-state index contributed by atoms with van der Waals surface area (Å²) in [5.41, 5.74) is 0.0935. The van der Waals surface area contributed by atoms with Crippen molar-refractivity contribution in [3.8, 4) is 0 Å². The molecular formula is C15H16Cl2F3N3. The van der Waals surface area contributed by atoms with Crippen molar-refractivity contribution >= 4 is 28.9 Å². The van der Waals surface area contributed by atoms with Crippen LogP contribution in [0.4, 0.5) is 18.9 Å². The van der Waals surface area contributed by atoms with Crippen molar-refractivity contribution in [2.45, 2.75) is 28.6 Å². The summed E-state index contributed by atoms with van der Waals surface area (Å²) in [6, 6.07) is 5.48. The molecule has 126 valence electrons. The third kappa shape index (κ3) is 2.51. The highest BCUT2D eigenvalue weighted by Gasteiger charge is 2.71. The molecule has 0 bridgehead atoms. The maximum Gasteiger partial charge on any atom is 0.416 e. The van der Waals surface area contributed by atoms with Crippen molar-refractivity contribution in [1.82, 2.24) is 10.2 Å². The normalized spacial score (nSPS) is 33.1. The largest absolute Gasteiger partial charge is 0.416 e. The van der Waals surface area contributed by atoms with Crippen molar-refractivity contribution in [2.75, 3.05) is 31.1 Å². The molecule has 0 amide bonds. The van der Waals surface area contributed by atoms with E-state index >= 15 is 0 Å². The molecule has 1 aliphatic carbocycles. The zero-order chi connectivity index (χ0) is 16.4. The zero-order valence-electron chi connectivity index (χ0n) is 12.2. The summed E-state index contributed by atoms with van der Waals surface area (Å²) < 4.78 is 37.3. The van der Waals surface area contributed by atoms with Gasteiger partial charge in [0.25, 0.3) is 0 Å². The molecule has 0 radical (unpaired) electrons. The van der Waals surface area contributed by atoms with Crippen molar-refractivity contribution in [3.63, 3.8) is 0 Å². The molecule has 4 rings (SSSR count). The summed E-state index contributed by atoms with van der Waals surface area (Å²) in [5, 5.41) is 3.35. The summed E-state index contributed by atoms with van der Waals surface area (Å²) in [4.78, 5) is 4.39. The summed E-state index contributed by atoms with van der Waals surface area (Å²) in [7, 11) is 0. The number of benzene rings is 1. The van der Waals surface area contributed by atoms with E-state index in [2.05, 4.69) is 15.1 Å². The molecule has 3 nitrogen and oxygen atoms in total. The second-order valence-electron chi connectivity index (χ2n) is 6.36. The first kappa shape index (κ1) is 15.8. The van der Waals surface area contributed by atoms with Crippen molar-refractivity contribution < 1.29 is 13.2 Å². The van der Waals surface area contributed by atoms with Gasteiger partial charge in [-0.25, -0.2) is 0 Å². The summed E-state index contributed by atoms with van der Waals surface area (Å²) >= 11 is 12.9. The van der Waals surface area contributed by atoms with Crippen LogP contribution >= 0.6 is 23.2 Å². The molecule has 3 unspecified atom stereocenters. The Bertz CT molecular complexity index is 605. The molecule has 2 heterocycles. The number of rotatable bonds is 1. The van der Waals surface area contributed by atoms with Crippen LogP contribution in [0.1, 0.15) is 5.56 Å². The maximum atomic E-state index is 12.7. The molecule has 2 saturated heterocycles. The number of alkyl halides is 5. The molecule has 1 N–H and O–H groups in total. The summed E-state index contributed by atoms with van der Waals surface area (Å²) in [6.45, 7) is 3.35. The highest BCUT2D eigenvalue weighted by Crippen LogP contribution is 2.57. The average molecular weight is 366 g/mol. The number of halogens is 5. The van der Waals surface area contributed by atoms with Gasteiger partial charge in [-0.15, -0.1) is 0 Å². The first-order valence-corrected chi connectivity index (χ1v) is 8.34. The fraction of sp³-hybridized carbons (Fsp3) is 0.600. The number of hydrogen-bond donors (Lipinski definition) is 1. The van der Waals surface area contributed by atoms with Crippen molar-refractivity contribution in [1.29, 1.82) is 0 Å². The molecule has 1 saturated carbocycles. The van der Waals surface area contributed by atoms with E-state index in [1.54, 1.807) is 0 Å². The van der Waals surface area contributed by atoms with Crippen LogP contribution in [0.25, 0.3) is 0 Å². The number of piperazine rings is 2. The average Bonchev–Trinajstić information content (AvgIpc) is 3.09. The second-order valence-corrected chi connectivity index (χ2v) is 7.80. The van der Waals surface area contributed by atoms with Gasteiger partial charge < -0.3 is 10.2 Å². The molecule has 3 aliphatic rings. The number of anilines is 1. The molecular weight excluding hydrogens is 350 g/mol. The Hall–Kier alpha value is -0.690. The lowest BCUT2D eigenvalue weighted by Crippen LogP contribution is -2.61. The van der Waals surface area contributed by atoms with Gasteiger partial charge in [0.05, 0.1) is 17.6 Å². The molecule has 3 fully saturated rings. The topological polar surface area (TPSA) is 18.5 Å². The van der Waals surface area contributed by atoms with Gasteiger partial charge in [0.1, 0.15) is 0 Å². The van der Waals surface area contributed by atoms with E-state index < -0.39 is 16.1 Å². The third-order valence-electron chi connectivity index (χ3n) is 5.00. The second kappa shape index (κ2) is 5.15. The highest BCUT2D eigenvalue weighted by atomic mass is 35.5. The van der Waals surface area contributed by atoms with Gasteiger partial charge in [0.2, 0.25) is 0 Å². The van der Waals surface area contributed by atoms with Crippen LogP contribution < -0.4 is 10.2 Å². The lowest BCUT2D eigenvalue weighted by Gasteiger charge is -2.44. The van der Waals surface area contributed by atoms with Crippen molar-refractivity contribution in [3.05, 3.63) is 29.8 Å². The van der Waals surface area contributed by atoms with E-state index in [0.29, 0.717) is 6.54 Å². The molecule has 1 aromatic rings. The van der Waals surface area contributed by atoms with Crippen LogP contribution in [-0.2, 0) is 6.18 Å². The molecule has 1 aromatic carbocycles. The van der Waals surface area contributed by atoms with Crippen LogP contribution in [0, 0.1) is 0 Å². The fourth-order valence-corrected chi connectivity index (χ4v) is 4.67. The first-order chi connectivity index (χ1) is 10.8. The molecule has 3 atom stereocenters. The monoisotopic (exact) mass is 365 g/mol. The van der Waals surface area contributed by atoms with Crippen LogP contribution in [0.2, 0.25) is 0 Å². The lowest BCUT2D eigenvalue weighted by atomic mass is 10.1. The maximum absolute atomic E-state index is 12.7. The Kier molecular flexibility index (Phi) is 3.54. The smallest absolute Gasteiger partial charge is 0.362 e. The predicted molar refractivity (Wildman–Crippen MR) is 84.2 cm³/mol. The number of fused-ring (bicyclic) bond motifs is 3. The van der Waals surface area contributed by atoms with Gasteiger partial charge >= 0.3 is 6.18 Å². The van der Waals surface area contributed by atoms with E-state index in [4.69, 9.17) is 23.2 Å². The van der Waals surface area contributed by atoms with E-state index in [9.17, 15) is 13.2 Å². The Morgan fingerprint density at radius 2 is 1.83 bits per heavy atom. The van der Waals surface area contributed by atoms with Gasteiger partial charge in [-0.2, -0.15) is 13.2 Å². The number of nitrogens with one attached hydrogen (secondary N) is 1. The minimum Gasteiger partial charge on any atom is -0.362 e. The minimum absolute atomic E-state index is 0.0361. The Balaban J connectivity index is 1.61. The van der Waals surface area contributed by atoms with E-state index in [1.807, 2.05) is 0 Å². The van der Waals surface area contributed by atoms with Gasteiger partial charge in [-0.1, -0.05) is 23.2 Å². The Morgan fingerprint density at radius 3 is 2.48 bits per heavy atom. The van der Waals surface area contributed by atoms with Crippen LogP contribution in [0.5, 0.6) is 0 Å². The SMILES string of the molecule is FC(F)(F)c1ccc(N2CC3CNCCN3C3C2C3(Cl)Cl)cc1. The number of hydrogen-bond acceptors (Lipinski definition) is 3. The van der Waals surface area contributed by atoms with Gasteiger partial charge in [-0.3, -0.25) is 4.90 Å². The Morgan fingerprint density at radius 1 is 1.13 bits per heavy atom. The first-order valence-electron chi connectivity index (χ1n) is 7.58. The van der Waals surface area contributed by atoms with Crippen molar-refractivity contribution in [2.24, 2.45) is 0 Å². The number of nitrogens with zero attached hydrogens (tertiary/aromatic N) is 2. The van der Waals surface area contributed by atoms with E-state index in [-0.39, 0.29) is 18.1 Å². The van der Waals surface area contributed by atoms with Gasteiger partial charge in [0, 0.05) is 37.9 Å². The highest BCUT2D eigenvalue weighted by molar-refractivity contribution is 6.52. The lowest BCUT2D eigenvalue weighted by molar-refractivity contribution is -0.137. The van der Waals surface area contributed by atoms with Crippen LogP contribution in [0.3, 0.4) is 0 Å². The van der Waals surface area contributed by atoms with Crippen LogP contribution in [-0.4, -0.2) is 53.5 Å². The molecule has 0 spiro atoms. The zero-order valence-corrected chi connectivity index (χ0v) is 13.7. The molecule has 2 aliphatic heterocycles. The minimum atomic E-state index is -4.32. The third-order valence-corrected chi connectivity index (χ3v) is 5.90. The predicted octanol–water partition coefficient (Wildman–Crippen LogP) is 2.72. The Labute approximate surface area is 142 Å². The standard InChI is InChI=1S/C15H16Cl2F3N3/c16-14(17)12-13(14)23(8-11-7-21-5-6-22(11)12)10-3-1-9(2-4-10)15(18,19)20/h1-4,11-13,21H,5-8H2. The quantitative estimate of drug-likeness (QED) is 0.772. The fourth-order valence-electron chi connectivity index (χ4n) is 3.84. The molecule has 8 heteroatoms. The van der Waals surface area contributed by atoms with Crippen LogP contribution in [0.15, 0.2) is 24.3 Å². The van der Waals surface area contributed by atoms with Gasteiger partial charge in [0.15, 0.2) is 4.33 Å². The van der Waals surface area contributed by atoms with E-state index in [0.717, 1.165) is 37.5 Å². The summed E-state index contributed by atoms with van der Waals surface area (Å²) in [5.74, 6) is 0. The van der Waals surface area contributed by atoms with Gasteiger partial charge in [-0.05, 0) is 24.3 Å². The molecule has 23 heavy (non-hydrogen) atoms.